The summed E-state index contributed by atoms with van der Waals surface area (Å²) in [6.07, 6.45) is 0. The smallest absolute Gasteiger partial charge is 0.348 e. The quantitative estimate of drug-likeness (QED) is 0.330. The summed E-state index contributed by atoms with van der Waals surface area (Å²) in [6, 6.07) is 6.37. The number of aromatic amines is 1. The number of rotatable bonds is 6. The van der Waals surface area contributed by atoms with Crippen LogP contribution in [0.2, 0.25) is 0 Å². The van der Waals surface area contributed by atoms with Gasteiger partial charge in [-0.1, -0.05) is 23.9 Å². The first kappa shape index (κ1) is 22.2. The van der Waals surface area contributed by atoms with Gasteiger partial charge in [-0.2, -0.15) is 0 Å². The van der Waals surface area contributed by atoms with Gasteiger partial charge in [0.25, 0.3) is 5.56 Å². The lowest BCUT2D eigenvalue weighted by Crippen LogP contribution is -2.13. The molecule has 0 aliphatic heterocycles. The number of hydrogen-bond acceptors (Lipinski definition) is 8. The highest BCUT2D eigenvalue weighted by molar-refractivity contribution is 7.99. The second-order valence-corrected chi connectivity index (χ2v) is 9.32. The lowest BCUT2D eigenvalue weighted by atomic mass is 10.2. The molecule has 3 heterocycles. The van der Waals surface area contributed by atoms with Gasteiger partial charge in [0, 0.05) is 7.05 Å². The molecule has 1 aromatic carbocycles. The molecule has 32 heavy (non-hydrogen) atoms. The molecule has 4 aromatic rings. The molecule has 0 fully saturated rings. The molecular formula is C21H20FN5O3S2. The number of carbonyl (C=O) groups excluding carboxylic acids is 1. The summed E-state index contributed by atoms with van der Waals surface area (Å²) in [6.45, 7) is 5.57. The van der Waals surface area contributed by atoms with Crippen LogP contribution in [0.15, 0.2) is 34.2 Å². The molecule has 0 aliphatic rings. The van der Waals surface area contributed by atoms with Crippen molar-refractivity contribution in [1.29, 1.82) is 0 Å². The fourth-order valence-corrected chi connectivity index (χ4v) is 5.21. The molecule has 166 valence electrons. The average molecular weight is 474 g/mol. The lowest BCUT2D eigenvalue weighted by Gasteiger charge is -2.10. The summed E-state index contributed by atoms with van der Waals surface area (Å²) in [5.41, 5.74) is 0.606. The second kappa shape index (κ2) is 8.83. The minimum atomic E-state index is -0.462. The minimum absolute atomic E-state index is 0.252. The van der Waals surface area contributed by atoms with Gasteiger partial charge in [0.1, 0.15) is 21.3 Å². The third kappa shape index (κ3) is 3.93. The van der Waals surface area contributed by atoms with Gasteiger partial charge in [-0.05, 0) is 38.5 Å². The van der Waals surface area contributed by atoms with Gasteiger partial charge in [0.05, 0.1) is 22.8 Å². The van der Waals surface area contributed by atoms with Crippen molar-refractivity contribution in [3.63, 3.8) is 0 Å². The number of aryl methyl sites for hydroxylation is 1. The number of benzene rings is 1. The summed E-state index contributed by atoms with van der Waals surface area (Å²) in [7, 11) is 1.75. The van der Waals surface area contributed by atoms with Crippen LogP contribution in [0.5, 0.6) is 0 Å². The Hall–Kier alpha value is -3.05. The van der Waals surface area contributed by atoms with E-state index in [2.05, 4.69) is 20.2 Å². The summed E-state index contributed by atoms with van der Waals surface area (Å²) in [5.74, 6) is 0.00733. The molecule has 0 saturated heterocycles. The third-order valence-corrected chi connectivity index (χ3v) is 7.21. The van der Waals surface area contributed by atoms with Crippen LogP contribution in [0.1, 0.15) is 40.2 Å². The van der Waals surface area contributed by atoms with Crippen LogP contribution >= 0.6 is 23.1 Å². The first-order valence-corrected chi connectivity index (χ1v) is 11.5. The monoisotopic (exact) mass is 473 g/mol. The Balaban J connectivity index is 1.65. The van der Waals surface area contributed by atoms with Gasteiger partial charge >= 0.3 is 5.97 Å². The molecule has 1 atom stereocenters. The van der Waals surface area contributed by atoms with Crippen LogP contribution in [0.4, 0.5) is 4.39 Å². The molecule has 1 N–H and O–H groups in total. The average Bonchev–Trinajstić information content (AvgIpc) is 3.29. The Kier molecular flexibility index (Phi) is 6.11. The van der Waals surface area contributed by atoms with E-state index in [1.807, 2.05) is 6.92 Å². The van der Waals surface area contributed by atoms with E-state index in [9.17, 15) is 14.0 Å². The minimum Gasteiger partial charge on any atom is -0.462 e. The fraction of sp³-hybridized carbons (Fsp3) is 0.286. The molecule has 0 bridgehead atoms. The number of aromatic nitrogens is 5. The van der Waals surface area contributed by atoms with E-state index in [-0.39, 0.29) is 23.2 Å². The number of fused-ring (bicyclic) bond motifs is 1. The first-order valence-electron chi connectivity index (χ1n) is 9.83. The van der Waals surface area contributed by atoms with E-state index in [1.54, 1.807) is 43.7 Å². The van der Waals surface area contributed by atoms with Crippen LogP contribution in [0, 0.1) is 12.7 Å². The molecule has 0 radical (unpaired) electrons. The molecule has 1 unspecified atom stereocenters. The van der Waals surface area contributed by atoms with E-state index < -0.39 is 5.97 Å². The maximum Gasteiger partial charge on any atom is 0.348 e. The number of nitrogens with one attached hydrogen (secondary N) is 1. The Bertz CT molecular complexity index is 1380. The van der Waals surface area contributed by atoms with Crippen molar-refractivity contribution in [2.75, 3.05) is 6.61 Å². The zero-order valence-corrected chi connectivity index (χ0v) is 19.4. The number of carbonyl (C=O) groups is 1. The van der Waals surface area contributed by atoms with Crippen molar-refractivity contribution in [2.24, 2.45) is 7.05 Å². The van der Waals surface area contributed by atoms with E-state index in [0.29, 0.717) is 43.0 Å². The molecule has 0 aliphatic carbocycles. The number of esters is 1. The van der Waals surface area contributed by atoms with Crippen molar-refractivity contribution in [2.45, 2.75) is 31.2 Å². The summed E-state index contributed by atoms with van der Waals surface area (Å²) in [4.78, 5) is 33.2. The Labute approximate surface area is 190 Å². The van der Waals surface area contributed by atoms with Gasteiger partial charge in [-0.3, -0.25) is 4.79 Å². The predicted octanol–water partition coefficient (Wildman–Crippen LogP) is 4.26. The highest BCUT2D eigenvalue weighted by Crippen LogP contribution is 2.35. The molecule has 11 heteroatoms. The Morgan fingerprint density at radius 2 is 2.09 bits per heavy atom. The first-order chi connectivity index (χ1) is 15.3. The van der Waals surface area contributed by atoms with Crippen molar-refractivity contribution < 1.29 is 13.9 Å². The largest absolute Gasteiger partial charge is 0.462 e. The van der Waals surface area contributed by atoms with Gasteiger partial charge in [0.15, 0.2) is 11.0 Å². The lowest BCUT2D eigenvalue weighted by molar-refractivity contribution is 0.0531. The summed E-state index contributed by atoms with van der Waals surface area (Å²) < 4.78 is 20.9. The number of H-pyrrole nitrogens is 1. The fourth-order valence-electron chi connectivity index (χ4n) is 3.25. The highest BCUT2D eigenvalue weighted by Gasteiger charge is 2.23. The van der Waals surface area contributed by atoms with Gasteiger partial charge < -0.3 is 14.3 Å². The van der Waals surface area contributed by atoms with Crippen LogP contribution < -0.4 is 5.56 Å². The molecule has 0 amide bonds. The Morgan fingerprint density at radius 1 is 1.34 bits per heavy atom. The SMILES string of the molecule is CCOC(=O)c1sc2nc(C(C)Sc3nnc(-c4ccccc4F)n3C)[nH]c(=O)c2c1C. The molecule has 0 saturated carbocycles. The molecular weight excluding hydrogens is 453 g/mol. The van der Waals surface area contributed by atoms with Crippen LogP contribution in [-0.4, -0.2) is 37.3 Å². The number of hydrogen-bond donors (Lipinski definition) is 1. The number of ether oxygens (including phenoxy) is 1. The molecule has 4 rings (SSSR count). The van der Waals surface area contributed by atoms with E-state index >= 15 is 0 Å². The normalized spacial score (nSPS) is 12.3. The van der Waals surface area contributed by atoms with Gasteiger partial charge in [-0.15, -0.1) is 21.5 Å². The second-order valence-electron chi connectivity index (χ2n) is 7.01. The van der Waals surface area contributed by atoms with Crippen molar-refractivity contribution in [3.05, 3.63) is 56.7 Å². The zero-order valence-electron chi connectivity index (χ0n) is 17.8. The third-order valence-electron chi connectivity index (χ3n) is 4.90. The van der Waals surface area contributed by atoms with Crippen molar-refractivity contribution in [3.8, 4) is 11.4 Å². The van der Waals surface area contributed by atoms with E-state index in [1.165, 1.54) is 17.8 Å². The van der Waals surface area contributed by atoms with Crippen molar-refractivity contribution in [1.82, 2.24) is 24.7 Å². The number of thiophene rings is 1. The molecule has 8 nitrogen and oxygen atoms in total. The van der Waals surface area contributed by atoms with Crippen LogP contribution in [-0.2, 0) is 11.8 Å². The van der Waals surface area contributed by atoms with Gasteiger partial charge in [0.2, 0.25) is 0 Å². The van der Waals surface area contributed by atoms with Crippen LogP contribution in [0.3, 0.4) is 0 Å². The van der Waals surface area contributed by atoms with E-state index in [0.717, 1.165) is 11.3 Å². The number of halogens is 1. The molecule has 0 spiro atoms. The standard InChI is InChI=1S/C21H20FN5O3S2/c1-5-30-20(29)15-10(2)14-18(28)23-16(24-19(14)32-15)11(3)31-21-26-25-17(27(21)4)12-8-6-7-9-13(12)22/h6-9,11H,5H2,1-4H3,(H,23,24,28). The highest BCUT2D eigenvalue weighted by atomic mass is 32.2. The summed E-state index contributed by atoms with van der Waals surface area (Å²) >= 11 is 2.47. The Morgan fingerprint density at radius 3 is 2.81 bits per heavy atom. The number of nitrogens with zero attached hydrogens (tertiary/aromatic N) is 4. The number of thioether (sulfide) groups is 1. The topological polar surface area (TPSA) is 103 Å². The van der Waals surface area contributed by atoms with Crippen LogP contribution in [0.25, 0.3) is 21.6 Å². The van der Waals surface area contributed by atoms with Crippen molar-refractivity contribution >= 4 is 39.3 Å². The zero-order chi connectivity index (χ0) is 23.0. The maximum atomic E-state index is 14.2. The molecule has 3 aromatic heterocycles. The predicted molar refractivity (Wildman–Crippen MR) is 122 cm³/mol. The summed E-state index contributed by atoms with van der Waals surface area (Å²) in [5, 5.41) is 8.96. The van der Waals surface area contributed by atoms with E-state index in [4.69, 9.17) is 4.74 Å². The maximum absolute atomic E-state index is 14.2. The van der Waals surface area contributed by atoms with Gasteiger partial charge in [-0.25, -0.2) is 14.2 Å².